The van der Waals surface area contributed by atoms with Gasteiger partial charge in [-0.2, -0.15) is 0 Å². The first kappa shape index (κ1) is 35.6. The summed E-state index contributed by atoms with van der Waals surface area (Å²) in [7, 11) is -7.39. The van der Waals surface area contributed by atoms with Crippen LogP contribution in [-0.2, 0) is 27.2 Å². The van der Waals surface area contributed by atoms with Crippen LogP contribution < -0.4 is 0 Å². The highest BCUT2D eigenvalue weighted by molar-refractivity contribution is 7.63. The van der Waals surface area contributed by atoms with Crippen molar-refractivity contribution in [3.05, 3.63) is 0 Å². The van der Waals surface area contributed by atoms with E-state index in [-0.39, 0.29) is 30.5 Å². The second-order valence-electron chi connectivity index (χ2n) is 16.0. The second-order valence-corrected chi connectivity index (χ2v) is 19.6. The highest BCUT2D eigenvalue weighted by Crippen LogP contribution is 2.69. The van der Waals surface area contributed by atoms with Crippen molar-refractivity contribution in [2.24, 2.45) is 34.1 Å². The van der Waals surface area contributed by atoms with Crippen molar-refractivity contribution in [1.82, 2.24) is 0 Å². The van der Waals surface area contributed by atoms with Gasteiger partial charge in [-0.25, -0.2) is 4.57 Å². The van der Waals surface area contributed by atoms with E-state index in [1.807, 2.05) is 0 Å². The van der Waals surface area contributed by atoms with E-state index in [0.29, 0.717) is 29.6 Å². The first-order valence-corrected chi connectivity index (χ1v) is 21.7. The van der Waals surface area contributed by atoms with Crippen LogP contribution in [0.25, 0.3) is 0 Å². The highest BCUT2D eigenvalue weighted by atomic mass is 31.2. The lowest BCUT2D eigenvalue weighted by Gasteiger charge is -2.39. The van der Waals surface area contributed by atoms with E-state index in [0.717, 1.165) is 128 Å². The molecule has 0 aromatic rings. The molecule has 0 heterocycles. The van der Waals surface area contributed by atoms with Crippen LogP contribution in [0.1, 0.15) is 163 Å². The summed E-state index contributed by atoms with van der Waals surface area (Å²) in [5.74, 6) is 3.43. The fraction of sp³-hybridized carbons (Fsp3) is 1.00. The summed E-state index contributed by atoms with van der Waals surface area (Å²) in [5.41, 5.74) is 0. The van der Waals surface area contributed by atoms with Crippen molar-refractivity contribution in [1.29, 1.82) is 0 Å². The Morgan fingerprint density at radius 2 is 0.568 bits per heavy atom. The molecule has 0 aromatic heterocycles. The summed E-state index contributed by atoms with van der Waals surface area (Å²) in [4.78, 5) is 0. The average Bonchev–Trinajstić information content (AvgIpc) is 2.99. The summed E-state index contributed by atoms with van der Waals surface area (Å²) in [6.45, 7) is 11.6. The third-order valence-corrected chi connectivity index (χ3v) is 16.0. The molecule has 5 rings (SSSR count). The Bertz CT molecular complexity index is 860. The largest absolute Gasteiger partial charge is 0.458 e. The zero-order chi connectivity index (χ0) is 31.2. The summed E-state index contributed by atoms with van der Waals surface area (Å²) in [5, 5.41) is 0. The molecule has 256 valence electrons. The van der Waals surface area contributed by atoms with E-state index in [4.69, 9.17) is 27.1 Å². The van der Waals surface area contributed by atoms with Gasteiger partial charge in [-0.3, -0.25) is 22.6 Å². The van der Waals surface area contributed by atoms with Crippen molar-refractivity contribution in [3.8, 4) is 0 Å². The molecule has 5 fully saturated rings. The van der Waals surface area contributed by atoms with Gasteiger partial charge in [0.2, 0.25) is 0 Å². The van der Waals surface area contributed by atoms with Gasteiger partial charge in [-0.05, 0) is 158 Å². The fourth-order valence-corrected chi connectivity index (χ4v) is 13.0. The van der Waals surface area contributed by atoms with Gasteiger partial charge in [0.15, 0.2) is 0 Å². The molecule has 0 unspecified atom stereocenters. The normalized spacial score (nSPS) is 41.8. The highest BCUT2D eigenvalue weighted by Gasteiger charge is 2.44. The minimum absolute atomic E-state index is 0.00665. The molecule has 5 aliphatic carbocycles. The SMILES string of the molecule is CC1CCC(OP(=O)(N=P(OC2CCC(C)CC2)(OC2CCC(C)CC2)OC2CCC(C)CC2)OC2CCC(C)CC2)CC1. The number of hydrogen-bond acceptors (Lipinski definition) is 6. The third kappa shape index (κ3) is 10.9. The zero-order valence-electron chi connectivity index (χ0n) is 28.7. The van der Waals surface area contributed by atoms with Gasteiger partial charge >= 0.3 is 15.5 Å². The van der Waals surface area contributed by atoms with E-state index in [9.17, 15) is 0 Å². The molecule has 0 N–H and O–H groups in total. The quantitative estimate of drug-likeness (QED) is 0.206. The molecule has 0 aromatic carbocycles. The van der Waals surface area contributed by atoms with Crippen LogP contribution in [0.15, 0.2) is 4.52 Å². The maximum absolute atomic E-state index is 15.2. The molecule has 9 heteroatoms. The Balaban J connectivity index is 1.50. The predicted molar refractivity (Wildman–Crippen MR) is 179 cm³/mol. The van der Waals surface area contributed by atoms with Gasteiger partial charge < -0.3 is 0 Å². The van der Waals surface area contributed by atoms with Crippen LogP contribution in [0.5, 0.6) is 0 Å². The maximum Gasteiger partial charge on any atom is 0.458 e. The Hall–Kier alpha value is 0.260. The Morgan fingerprint density at radius 3 is 0.795 bits per heavy atom. The molecule has 0 atom stereocenters. The van der Waals surface area contributed by atoms with Gasteiger partial charge in [-0.15, -0.1) is 4.52 Å². The number of rotatable bonds is 11. The molecule has 0 radical (unpaired) electrons. The molecule has 0 amide bonds. The summed E-state index contributed by atoms with van der Waals surface area (Å²) >= 11 is 0. The third-order valence-electron chi connectivity index (χ3n) is 11.4. The number of hydrogen-bond donors (Lipinski definition) is 0. The van der Waals surface area contributed by atoms with E-state index < -0.39 is 15.5 Å². The van der Waals surface area contributed by atoms with Crippen LogP contribution >= 0.6 is 15.5 Å². The Morgan fingerprint density at radius 1 is 0.364 bits per heavy atom. The molecule has 0 spiro atoms. The standard InChI is InChI=1S/C35H65NO6P2/c1-26-6-16-31(17-7-26)38-43(37,39-32-18-8-27(2)9-19-32)36-44(40-33-20-10-28(3)11-21-33,41-34-22-12-29(4)13-23-34)42-35-24-14-30(5)15-25-35/h26-35H,6-25H2,1-5H3. The molecule has 0 bridgehead atoms. The monoisotopic (exact) mass is 657 g/mol. The molecule has 44 heavy (non-hydrogen) atoms. The van der Waals surface area contributed by atoms with Crippen LogP contribution in [-0.4, -0.2) is 30.5 Å². The topological polar surface area (TPSA) is 75.6 Å². The van der Waals surface area contributed by atoms with Gasteiger partial charge in [0, 0.05) is 0 Å². The van der Waals surface area contributed by atoms with Crippen LogP contribution in [0, 0.1) is 29.6 Å². The molecule has 0 saturated heterocycles. The predicted octanol–water partition coefficient (Wildman–Crippen LogP) is 12.0. The van der Waals surface area contributed by atoms with Crippen LogP contribution in [0.2, 0.25) is 0 Å². The lowest BCUT2D eigenvalue weighted by Crippen LogP contribution is -2.27. The second kappa shape index (κ2) is 16.6. The molecule has 7 nitrogen and oxygen atoms in total. The summed E-state index contributed by atoms with van der Waals surface area (Å²) < 4.78 is 54.7. The van der Waals surface area contributed by atoms with Gasteiger partial charge in [0.05, 0.1) is 30.5 Å². The first-order valence-electron chi connectivity index (χ1n) is 18.7. The van der Waals surface area contributed by atoms with Gasteiger partial charge in [0.25, 0.3) is 0 Å². The molecular formula is C35H65NO6P2. The van der Waals surface area contributed by atoms with Crippen molar-refractivity contribution in [2.45, 2.75) is 194 Å². The van der Waals surface area contributed by atoms with E-state index >= 15 is 4.57 Å². The van der Waals surface area contributed by atoms with Gasteiger partial charge in [0.1, 0.15) is 0 Å². The minimum atomic E-state index is -3.96. The summed E-state index contributed by atoms with van der Waals surface area (Å²) in [6, 6.07) is 0. The molecule has 0 aliphatic heterocycles. The minimum Gasteiger partial charge on any atom is -0.299 e. The van der Waals surface area contributed by atoms with Crippen molar-refractivity contribution >= 4 is 15.5 Å². The van der Waals surface area contributed by atoms with E-state index in [1.54, 1.807) is 0 Å². The lowest BCUT2D eigenvalue weighted by molar-refractivity contribution is 0.0164. The molecule has 5 saturated carbocycles. The van der Waals surface area contributed by atoms with Gasteiger partial charge in [-0.1, -0.05) is 34.6 Å². The Kier molecular flexibility index (Phi) is 13.4. The van der Waals surface area contributed by atoms with Crippen molar-refractivity contribution < 1.29 is 27.2 Å². The van der Waals surface area contributed by atoms with Crippen LogP contribution in [0.4, 0.5) is 0 Å². The molecular weight excluding hydrogens is 592 g/mol. The zero-order valence-corrected chi connectivity index (χ0v) is 30.5. The van der Waals surface area contributed by atoms with E-state index in [2.05, 4.69) is 34.6 Å². The maximum atomic E-state index is 15.2. The van der Waals surface area contributed by atoms with Crippen LogP contribution in [0.3, 0.4) is 0 Å². The average molecular weight is 658 g/mol. The Labute approximate surface area is 269 Å². The van der Waals surface area contributed by atoms with E-state index in [1.165, 1.54) is 0 Å². The smallest absolute Gasteiger partial charge is 0.299 e. The molecule has 5 aliphatic rings. The summed E-state index contributed by atoms with van der Waals surface area (Å²) in [6.07, 6.45) is 20.1. The van der Waals surface area contributed by atoms with Crippen molar-refractivity contribution in [2.75, 3.05) is 0 Å². The first-order chi connectivity index (χ1) is 21.1. The fourth-order valence-electron chi connectivity index (χ4n) is 7.96. The lowest BCUT2D eigenvalue weighted by atomic mass is 9.89. The number of nitrogens with zero attached hydrogens (tertiary/aromatic N) is 1. The van der Waals surface area contributed by atoms with Crippen molar-refractivity contribution in [3.63, 3.8) is 0 Å².